The Labute approximate surface area is 82.2 Å². The molecule has 0 heterocycles. The van der Waals surface area contributed by atoms with Crippen LogP contribution in [-0.2, 0) is 5.11 Å². The van der Waals surface area contributed by atoms with Crippen molar-refractivity contribution >= 4 is 0 Å². The van der Waals surface area contributed by atoms with E-state index in [1.807, 2.05) is 19.1 Å². The maximum absolute atomic E-state index is 10.3. The van der Waals surface area contributed by atoms with E-state index >= 15 is 0 Å². The van der Waals surface area contributed by atoms with Gasteiger partial charge in [-0.3, -0.25) is 0 Å². The van der Waals surface area contributed by atoms with Gasteiger partial charge in [-0.25, -0.2) is 5.11 Å². The van der Waals surface area contributed by atoms with Crippen molar-refractivity contribution in [3.05, 3.63) is 23.8 Å². The Balaban J connectivity index is 3.31. The first-order chi connectivity index (χ1) is 6.31. The molecule has 0 bridgehead atoms. The molecule has 1 radical (unpaired) electrons. The zero-order valence-electron chi connectivity index (χ0n) is 8.88. The van der Waals surface area contributed by atoms with Gasteiger partial charge < -0.3 is 0 Å². The van der Waals surface area contributed by atoms with Gasteiger partial charge >= 0.3 is 0 Å². The fourth-order valence-electron chi connectivity index (χ4n) is 1.07. The van der Waals surface area contributed by atoms with Crippen LogP contribution in [0.2, 0.25) is 0 Å². The second-order valence-corrected chi connectivity index (χ2v) is 3.43. The molecule has 0 amide bonds. The van der Waals surface area contributed by atoms with E-state index in [4.69, 9.17) is 0 Å². The minimum atomic E-state index is -0.0832. The second-order valence-electron chi connectivity index (χ2n) is 3.43. The van der Waals surface area contributed by atoms with Gasteiger partial charge in [0.2, 0.25) is 0 Å². The highest BCUT2D eigenvalue weighted by Crippen LogP contribution is 2.03. The standard InChI is InChI=1S/C12H21O/c1-3-4-5-6-7-8-9-10-12(2)11-13/h8-10H,3-7,11H2,1-2H3. The molecule has 0 aliphatic rings. The third-order valence-electron chi connectivity index (χ3n) is 1.97. The SMILES string of the molecule is CCCCCCC=CC=C(C)C[O]. The van der Waals surface area contributed by atoms with Crippen LogP contribution in [-0.4, -0.2) is 6.61 Å². The van der Waals surface area contributed by atoms with Gasteiger partial charge in [-0.05, 0) is 25.3 Å². The Morgan fingerprint density at radius 1 is 1.23 bits per heavy atom. The molecule has 0 spiro atoms. The molecule has 0 aromatic rings. The third-order valence-corrected chi connectivity index (χ3v) is 1.97. The first kappa shape index (κ1) is 12.4. The fraction of sp³-hybridized carbons (Fsp3) is 0.667. The van der Waals surface area contributed by atoms with E-state index in [1.54, 1.807) is 0 Å². The lowest BCUT2D eigenvalue weighted by Crippen LogP contribution is -1.79. The quantitative estimate of drug-likeness (QED) is 0.419. The van der Waals surface area contributed by atoms with Gasteiger partial charge in [0.1, 0.15) is 6.61 Å². The Morgan fingerprint density at radius 3 is 2.62 bits per heavy atom. The van der Waals surface area contributed by atoms with Crippen molar-refractivity contribution < 1.29 is 5.11 Å². The van der Waals surface area contributed by atoms with Crippen LogP contribution in [0, 0.1) is 0 Å². The molecule has 0 rings (SSSR count). The van der Waals surface area contributed by atoms with Gasteiger partial charge in [-0.15, -0.1) is 0 Å². The van der Waals surface area contributed by atoms with Gasteiger partial charge in [0.05, 0.1) is 0 Å². The molecule has 1 heteroatoms. The van der Waals surface area contributed by atoms with Crippen molar-refractivity contribution in [1.82, 2.24) is 0 Å². The summed E-state index contributed by atoms with van der Waals surface area (Å²) in [6.45, 7) is 4.00. The number of allylic oxidation sites excluding steroid dienone is 3. The monoisotopic (exact) mass is 181 g/mol. The molecule has 1 nitrogen and oxygen atoms in total. The van der Waals surface area contributed by atoms with Gasteiger partial charge in [-0.1, -0.05) is 44.4 Å². The Kier molecular flexibility index (Phi) is 9.12. The molecule has 0 N–H and O–H groups in total. The van der Waals surface area contributed by atoms with E-state index in [9.17, 15) is 5.11 Å². The zero-order valence-corrected chi connectivity index (χ0v) is 8.88. The van der Waals surface area contributed by atoms with E-state index in [1.165, 1.54) is 25.7 Å². The summed E-state index contributed by atoms with van der Waals surface area (Å²) in [5.41, 5.74) is 0.907. The van der Waals surface area contributed by atoms with E-state index in [-0.39, 0.29) is 6.61 Å². The summed E-state index contributed by atoms with van der Waals surface area (Å²) in [5.74, 6) is 0. The average molecular weight is 181 g/mol. The number of unbranched alkanes of at least 4 members (excludes halogenated alkanes) is 4. The van der Waals surface area contributed by atoms with Crippen LogP contribution in [0.3, 0.4) is 0 Å². The summed E-state index contributed by atoms with van der Waals surface area (Å²) in [6, 6.07) is 0. The third kappa shape index (κ3) is 9.35. The molecular weight excluding hydrogens is 160 g/mol. The summed E-state index contributed by atoms with van der Waals surface area (Å²) in [5, 5.41) is 10.3. The molecule has 13 heavy (non-hydrogen) atoms. The van der Waals surface area contributed by atoms with Crippen LogP contribution in [0.15, 0.2) is 23.8 Å². The van der Waals surface area contributed by atoms with Crippen molar-refractivity contribution in [2.24, 2.45) is 0 Å². The lowest BCUT2D eigenvalue weighted by atomic mass is 10.1. The molecule has 0 saturated carbocycles. The first-order valence-corrected chi connectivity index (χ1v) is 5.21. The van der Waals surface area contributed by atoms with E-state index < -0.39 is 0 Å². The minimum Gasteiger partial charge on any atom is -0.232 e. The van der Waals surface area contributed by atoms with Gasteiger partial charge in [0, 0.05) is 0 Å². The van der Waals surface area contributed by atoms with Gasteiger partial charge in [0.25, 0.3) is 0 Å². The van der Waals surface area contributed by atoms with E-state index in [0.717, 1.165) is 12.0 Å². The highest BCUT2D eigenvalue weighted by atomic mass is 16.3. The average Bonchev–Trinajstić information content (AvgIpc) is 2.16. The van der Waals surface area contributed by atoms with Crippen molar-refractivity contribution in [1.29, 1.82) is 0 Å². The van der Waals surface area contributed by atoms with Gasteiger partial charge in [0.15, 0.2) is 0 Å². The summed E-state index contributed by atoms with van der Waals surface area (Å²) in [6.07, 6.45) is 12.4. The Morgan fingerprint density at radius 2 is 2.00 bits per heavy atom. The lowest BCUT2D eigenvalue weighted by Gasteiger charge is -1.93. The molecule has 0 saturated heterocycles. The topological polar surface area (TPSA) is 19.9 Å². The van der Waals surface area contributed by atoms with Crippen LogP contribution in [0.4, 0.5) is 0 Å². The summed E-state index contributed by atoms with van der Waals surface area (Å²) in [7, 11) is 0. The lowest BCUT2D eigenvalue weighted by molar-refractivity contribution is 0.223. The van der Waals surface area contributed by atoms with Crippen molar-refractivity contribution in [2.75, 3.05) is 6.61 Å². The molecule has 0 aromatic carbocycles. The minimum absolute atomic E-state index is 0.0832. The van der Waals surface area contributed by atoms with Crippen LogP contribution >= 0.6 is 0 Å². The van der Waals surface area contributed by atoms with E-state index in [0.29, 0.717) is 0 Å². The normalized spacial score (nSPS) is 12.7. The fourth-order valence-corrected chi connectivity index (χ4v) is 1.07. The van der Waals surface area contributed by atoms with Crippen LogP contribution < -0.4 is 0 Å². The summed E-state index contributed by atoms with van der Waals surface area (Å²) in [4.78, 5) is 0. The van der Waals surface area contributed by atoms with Crippen molar-refractivity contribution in [2.45, 2.75) is 46.0 Å². The molecule has 0 aliphatic heterocycles. The summed E-state index contributed by atoms with van der Waals surface area (Å²) >= 11 is 0. The number of hydrogen-bond acceptors (Lipinski definition) is 0. The smallest absolute Gasteiger partial charge is 0.103 e. The van der Waals surface area contributed by atoms with Crippen molar-refractivity contribution in [3.63, 3.8) is 0 Å². The molecule has 0 aromatic heterocycles. The molecule has 0 fully saturated rings. The summed E-state index contributed by atoms with van der Waals surface area (Å²) < 4.78 is 0. The maximum Gasteiger partial charge on any atom is 0.103 e. The van der Waals surface area contributed by atoms with Crippen LogP contribution in [0.25, 0.3) is 0 Å². The molecular formula is C12H21O. The highest BCUT2D eigenvalue weighted by Gasteiger charge is 1.84. The molecule has 75 valence electrons. The first-order valence-electron chi connectivity index (χ1n) is 5.21. The maximum atomic E-state index is 10.3. The number of hydrogen-bond donors (Lipinski definition) is 0. The van der Waals surface area contributed by atoms with Crippen molar-refractivity contribution in [3.8, 4) is 0 Å². The molecule has 0 atom stereocenters. The van der Waals surface area contributed by atoms with Crippen LogP contribution in [0.5, 0.6) is 0 Å². The largest absolute Gasteiger partial charge is 0.232 e. The molecule has 0 unspecified atom stereocenters. The molecule has 0 aliphatic carbocycles. The highest BCUT2D eigenvalue weighted by molar-refractivity contribution is 5.10. The number of rotatable bonds is 7. The predicted molar refractivity (Wildman–Crippen MR) is 57.2 cm³/mol. The van der Waals surface area contributed by atoms with Gasteiger partial charge in [-0.2, -0.15) is 0 Å². The Bertz CT molecular complexity index is 157. The predicted octanol–water partition coefficient (Wildman–Crippen LogP) is 3.89. The zero-order chi connectivity index (χ0) is 9.94. The Hall–Kier alpha value is -0.560. The van der Waals surface area contributed by atoms with Crippen LogP contribution in [0.1, 0.15) is 46.0 Å². The van der Waals surface area contributed by atoms with E-state index in [2.05, 4.69) is 13.0 Å². The second kappa shape index (κ2) is 9.53.